The van der Waals surface area contributed by atoms with Crippen LogP contribution in [0.5, 0.6) is 0 Å². The number of rotatable bonds is 2. The van der Waals surface area contributed by atoms with Gasteiger partial charge in [0.25, 0.3) is 5.91 Å². The Morgan fingerprint density at radius 2 is 1.93 bits per heavy atom. The fraction of sp³-hybridized carbons (Fsp3) is 0.409. The lowest BCUT2D eigenvalue weighted by molar-refractivity contribution is 0.0766. The zero-order chi connectivity index (χ0) is 20.7. The van der Waals surface area contributed by atoms with Gasteiger partial charge >= 0.3 is 6.03 Å². The molecule has 2 fully saturated rings. The van der Waals surface area contributed by atoms with Gasteiger partial charge in [0.05, 0.1) is 11.6 Å². The Bertz CT molecular complexity index is 948. The number of pyridine rings is 1. The van der Waals surface area contributed by atoms with Gasteiger partial charge in [-0.2, -0.15) is 0 Å². The number of amides is 3. The van der Waals surface area contributed by atoms with Gasteiger partial charge in [-0.3, -0.25) is 9.78 Å². The summed E-state index contributed by atoms with van der Waals surface area (Å²) in [7, 11) is 3.44. The summed E-state index contributed by atoms with van der Waals surface area (Å²) in [6.45, 7) is 3.59. The summed E-state index contributed by atoms with van der Waals surface area (Å²) in [4.78, 5) is 35.1. The van der Waals surface area contributed by atoms with Gasteiger partial charge in [-0.25, -0.2) is 9.18 Å². The van der Waals surface area contributed by atoms with Crippen LogP contribution in [0.15, 0.2) is 42.7 Å². The SMILES string of the molecule is Cc1cncc(C(=O)N2C[C@@H]3CN(C(=O)N(C)C)[C@@H](c4cccc(F)c4)[C@@H]3C2)c1. The minimum atomic E-state index is -0.319. The van der Waals surface area contributed by atoms with E-state index in [1.54, 1.807) is 37.5 Å². The van der Waals surface area contributed by atoms with Gasteiger partial charge in [0, 0.05) is 58.0 Å². The molecule has 3 amide bonds. The Hall–Kier alpha value is -2.96. The molecule has 29 heavy (non-hydrogen) atoms. The predicted octanol–water partition coefficient (Wildman–Crippen LogP) is 2.96. The van der Waals surface area contributed by atoms with Gasteiger partial charge in [0.15, 0.2) is 0 Å². The maximum atomic E-state index is 13.9. The van der Waals surface area contributed by atoms with Crippen molar-refractivity contribution in [3.63, 3.8) is 0 Å². The molecule has 4 rings (SSSR count). The lowest BCUT2D eigenvalue weighted by Crippen LogP contribution is -2.42. The molecular weight excluding hydrogens is 371 g/mol. The molecule has 6 nitrogen and oxygen atoms in total. The van der Waals surface area contributed by atoms with Crippen LogP contribution in [0.3, 0.4) is 0 Å². The van der Waals surface area contributed by atoms with Gasteiger partial charge in [-0.05, 0) is 36.2 Å². The lowest BCUT2D eigenvalue weighted by atomic mass is 9.89. The average Bonchev–Trinajstić information content (AvgIpc) is 3.24. The number of urea groups is 1. The lowest BCUT2D eigenvalue weighted by Gasteiger charge is -2.32. The van der Waals surface area contributed by atoms with E-state index < -0.39 is 0 Å². The van der Waals surface area contributed by atoms with Crippen LogP contribution in [-0.2, 0) is 0 Å². The quantitative estimate of drug-likeness (QED) is 0.784. The molecule has 2 aromatic rings. The number of aromatic nitrogens is 1. The topological polar surface area (TPSA) is 56.8 Å². The monoisotopic (exact) mass is 396 g/mol. The van der Waals surface area contributed by atoms with E-state index in [4.69, 9.17) is 0 Å². The first kappa shape index (κ1) is 19.4. The van der Waals surface area contributed by atoms with Crippen molar-refractivity contribution in [2.75, 3.05) is 33.7 Å². The van der Waals surface area contributed by atoms with Gasteiger partial charge in [0.1, 0.15) is 5.82 Å². The van der Waals surface area contributed by atoms with Crippen LogP contribution in [0.25, 0.3) is 0 Å². The molecule has 3 atom stereocenters. The summed E-state index contributed by atoms with van der Waals surface area (Å²) in [5.74, 6) is -0.129. The summed E-state index contributed by atoms with van der Waals surface area (Å²) in [6.07, 6.45) is 3.32. The van der Waals surface area contributed by atoms with Crippen LogP contribution >= 0.6 is 0 Å². The second-order valence-electron chi connectivity index (χ2n) is 8.21. The van der Waals surface area contributed by atoms with Gasteiger partial charge in [-0.1, -0.05) is 12.1 Å². The van der Waals surface area contributed by atoms with Gasteiger partial charge in [-0.15, -0.1) is 0 Å². The summed E-state index contributed by atoms with van der Waals surface area (Å²) < 4.78 is 13.9. The van der Waals surface area contributed by atoms with Crippen LogP contribution in [-0.4, -0.2) is 65.4 Å². The first-order valence-corrected chi connectivity index (χ1v) is 9.79. The van der Waals surface area contributed by atoms with E-state index in [0.717, 1.165) is 11.1 Å². The van der Waals surface area contributed by atoms with Crippen LogP contribution in [0, 0.1) is 24.6 Å². The summed E-state index contributed by atoms with van der Waals surface area (Å²) in [5.41, 5.74) is 2.29. The number of benzene rings is 1. The van der Waals surface area contributed by atoms with Crippen molar-refractivity contribution in [2.45, 2.75) is 13.0 Å². The minimum Gasteiger partial charge on any atom is -0.338 e. The van der Waals surface area contributed by atoms with E-state index in [1.807, 2.05) is 28.9 Å². The van der Waals surface area contributed by atoms with Crippen molar-refractivity contribution in [1.29, 1.82) is 0 Å². The molecule has 7 heteroatoms. The minimum absolute atomic E-state index is 0.0425. The van der Waals surface area contributed by atoms with Gasteiger partial charge in [0.2, 0.25) is 0 Å². The maximum Gasteiger partial charge on any atom is 0.320 e. The molecule has 3 heterocycles. The number of nitrogens with zero attached hydrogens (tertiary/aromatic N) is 4. The van der Waals surface area contributed by atoms with E-state index in [0.29, 0.717) is 25.2 Å². The van der Waals surface area contributed by atoms with Crippen molar-refractivity contribution in [2.24, 2.45) is 11.8 Å². The molecule has 2 aliphatic heterocycles. The van der Waals surface area contributed by atoms with Crippen LogP contribution < -0.4 is 0 Å². The second kappa shape index (κ2) is 7.46. The third-order valence-electron chi connectivity index (χ3n) is 5.89. The molecule has 152 valence electrons. The van der Waals surface area contributed by atoms with Crippen molar-refractivity contribution >= 4 is 11.9 Å². The summed E-state index contributed by atoms with van der Waals surface area (Å²) in [5, 5.41) is 0. The first-order chi connectivity index (χ1) is 13.8. The molecule has 0 saturated carbocycles. The van der Waals surface area contributed by atoms with E-state index in [9.17, 15) is 14.0 Å². The second-order valence-corrected chi connectivity index (χ2v) is 8.21. The average molecular weight is 396 g/mol. The number of carbonyl (C=O) groups is 2. The number of hydrogen-bond donors (Lipinski definition) is 0. The van der Waals surface area contributed by atoms with E-state index >= 15 is 0 Å². The predicted molar refractivity (Wildman–Crippen MR) is 107 cm³/mol. The molecule has 0 spiro atoms. The highest BCUT2D eigenvalue weighted by Gasteiger charge is 2.50. The highest BCUT2D eigenvalue weighted by molar-refractivity contribution is 5.94. The van der Waals surface area contributed by atoms with E-state index in [2.05, 4.69) is 4.98 Å². The molecule has 0 N–H and O–H groups in total. The molecule has 2 saturated heterocycles. The molecule has 1 aromatic carbocycles. The van der Waals surface area contributed by atoms with Crippen LogP contribution in [0.2, 0.25) is 0 Å². The zero-order valence-corrected chi connectivity index (χ0v) is 16.9. The third-order valence-corrected chi connectivity index (χ3v) is 5.89. The first-order valence-electron chi connectivity index (χ1n) is 9.79. The number of likely N-dealkylation sites (tertiary alicyclic amines) is 2. The number of hydrogen-bond acceptors (Lipinski definition) is 3. The van der Waals surface area contributed by atoms with Crippen LogP contribution in [0.4, 0.5) is 9.18 Å². The zero-order valence-electron chi connectivity index (χ0n) is 16.9. The fourth-order valence-corrected chi connectivity index (χ4v) is 4.64. The van der Waals surface area contributed by atoms with Gasteiger partial charge < -0.3 is 14.7 Å². The van der Waals surface area contributed by atoms with Crippen LogP contribution in [0.1, 0.15) is 27.5 Å². The Labute approximate surface area is 169 Å². The van der Waals surface area contributed by atoms with E-state index in [-0.39, 0.29) is 35.6 Å². The summed E-state index contributed by atoms with van der Waals surface area (Å²) >= 11 is 0. The third kappa shape index (κ3) is 3.57. The molecule has 2 aliphatic rings. The Morgan fingerprint density at radius 3 is 2.62 bits per heavy atom. The number of aryl methyl sites for hydroxylation is 1. The van der Waals surface area contributed by atoms with Crippen molar-refractivity contribution < 1.29 is 14.0 Å². The van der Waals surface area contributed by atoms with Crippen molar-refractivity contribution in [1.82, 2.24) is 19.7 Å². The molecule has 0 bridgehead atoms. The number of carbonyl (C=O) groups excluding carboxylic acids is 2. The normalized spacial score (nSPS) is 23.2. The highest BCUT2D eigenvalue weighted by atomic mass is 19.1. The smallest absolute Gasteiger partial charge is 0.320 e. The summed E-state index contributed by atoms with van der Waals surface area (Å²) in [6, 6.07) is 7.94. The standard InChI is InChI=1S/C22H25FN4O2/c1-14-7-16(10-24-9-14)21(28)26-11-17-12-27(22(29)25(2)3)20(19(17)13-26)15-5-4-6-18(23)8-15/h4-10,17,19-20H,11-13H2,1-3H3/t17-,19-,20+/m1/s1. The highest BCUT2D eigenvalue weighted by Crippen LogP contribution is 2.45. The Kier molecular flexibility index (Phi) is 4.98. The largest absolute Gasteiger partial charge is 0.338 e. The number of fused-ring (bicyclic) bond motifs is 1. The Balaban J connectivity index is 1.62. The maximum absolute atomic E-state index is 13.9. The molecule has 0 unspecified atom stereocenters. The molecular formula is C22H25FN4O2. The van der Waals surface area contributed by atoms with Crippen molar-refractivity contribution in [3.8, 4) is 0 Å². The molecule has 0 radical (unpaired) electrons. The van der Waals surface area contributed by atoms with E-state index in [1.165, 1.54) is 12.1 Å². The van der Waals surface area contributed by atoms with Crippen molar-refractivity contribution in [3.05, 3.63) is 65.2 Å². The Morgan fingerprint density at radius 1 is 1.14 bits per heavy atom. The molecule has 0 aliphatic carbocycles. The number of halogens is 1. The molecule has 1 aromatic heterocycles. The fourth-order valence-electron chi connectivity index (χ4n) is 4.64.